The van der Waals surface area contributed by atoms with Crippen molar-refractivity contribution in [3.63, 3.8) is 0 Å². The number of phenols is 3. The number of hydrogen-bond donors (Lipinski definition) is 4. The van der Waals surface area contributed by atoms with Crippen molar-refractivity contribution in [2.24, 2.45) is 0 Å². The van der Waals surface area contributed by atoms with E-state index < -0.39 is 11.9 Å². The number of ether oxygens (including phenoxy) is 1. The molecule has 1 amide bonds. The van der Waals surface area contributed by atoms with E-state index in [1.807, 2.05) is 0 Å². The average Bonchev–Trinajstić information content (AvgIpc) is 2.50. The molecule has 2 aromatic rings. The molecular weight excluding hydrogens is 290 g/mol. The van der Waals surface area contributed by atoms with Gasteiger partial charge in [0.15, 0.2) is 0 Å². The molecule has 0 aliphatic rings. The first kappa shape index (κ1) is 15.2. The predicted molar refractivity (Wildman–Crippen MR) is 77.2 cm³/mol. The van der Waals surface area contributed by atoms with Crippen LogP contribution in [0.2, 0.25) is 0 Å². The SMILES string of the molecule is COC(=O)c1cc(O)ccc1NC(=O)c1cc(O)ccc1O. The highest BCUT2D eigenvalue weighted by molar-refractivity contribution is 6.09. The fourth-order valence-electron chi connectivity index (χ4n) is 1.82. The molecule has 0 aliphatic heterocycles. The van der Waals surface area contributed by atoms with Gasteiger partial charge in [-0.1, -0.05) is 0 Å². The van der Waals surface area contributed by atoms with E-state index in [1.54, 1.807) is 0 Å². The summed E-state index contributed by atoms with van der Waals surface area (Å²) in [5.74, 6) is -2.16. The molecule has 0 fully saturated rings. The van der Waals surface area contributed by atoms with E-state index in [1.165, 1.54) is 31.4 Å². The van der Waals surface area contributed by atoms with E-state index in [0.29, 0.717) is 0 Å². The number of amides is 1. The van der Waals surface area contributed by atoms with Crippen LogP contribution >= 0.6 is 0 Å². The Bertz CT molecular complexity index is 741. The van der Waals surface area contributed by atoms with Gasteiger partial charge in [-0.05, 0) is 36.4 Å². The number of hydrogen-bond acceptors (Lipinski definition) is 6. The first-order valence-corrected chi connectivity index (χ1v) is 6.17. The lowest BCUT2D eigenvalue weighted by atomic mass is 10.1. The fraction of sp³-hybridized carbons (Fsp3) is 0.0667. The van der Waals surface area contributed by atoms with Crippen LogP contribution in [0.25, 0.3) is 0 Å². The van der Waals surface area contributed by atoms with Crippen LogP contribution in [0.4, 0.5) is 5.69 Å². The van der Waals surface area contributed by atoms with Gasteiger partial charge in [-0.15, -0.1) is 0 Å². The lowest BCUT2D eigenvalue weighted by molar-refractivity contribution is 0.0601. The number of methoxy groups -OCH3 is 1. The molecule has 114 valence electrons. The summed E-state index contributed by atoms with van der Waals surface area (Å²) in [6.45, 7) is 0. The molecule has 0 aromatic heterocycles. The van der Waals surface area contributed by atoms with Gasteiger partial charge in [0, 0.05) is 0 Å². The normalized spacial score (nSPS) is 10.0. The number of nitrogens with one attached hydrogen (secondary N) is 1. The summed E-state index contributed by atoms with van der Waals surface area (Å²) in [5.41, 5.74) is -0.114. The standard InChI is InChI=1S/C15H13NO6/c1-22-15(21)10-6-8(17)2-4-12(10)16-14(20)11-7-9(18)3-5-13(11)19/h2-7,17-19H,1H3,(H,16,20). The molecule has 2 aromatic carbocycles. The zero-order valence-electron chi connectivity index (χ0n) is 11.5. The van der Waals surface area contributed by atoms with E-state index >= 15 is 0 Å². The number of esters is 1. The maximum Gasteiger partial charge on any atom is 0.340 e. The summed E-state index contributed by atoms with van der Waals surface area (Å²) < 4.78 is 4.57. The second kappa shape index (κ2) is 6.04. The molecule has 4 N–H and O–H groups in total. The van der Waals surface area contributed by atoms with Crippen molar-refractivity contribution in [3.8, 4) is 17.2 Å². The number of anilines is 1. The third kappa shape index (κ3) is 3.09. The van der Waals surface area contributed by atoms with Crippen LogP contribution in [-0.4, -0.2) is 34.3 Å². The minimum absolute atomic E-state index is 0.0458. The van der Waals surface area contributed by atoms with E-state index in [4.69, 9.17) is 0 Å². The smallest absolute Gasteiger partial charge is 0.340 e. The molecule has 0 heterocycles. The second-order valence-electron chi connectivity index (χ2n) is 4.38. The van der Waals surface area contributed by atoms with Gasteiger partial charge in [0.1, 0.15) is 17.2 Å². The van der Waals surface area contributed by atoms with Crippen molar-refractivity contribution >= 4 is 17.6 Å². The molecule has 0 saturated heterocycles. The molecule has 0 radical (unpaired) electrons. The molecular formula is C15H13NO6. The Morgan fingerprint density at radius 1 is 0.955 bits per heavy atom. The lowest BCUT2D eigenvalue weighted by Gasteiger charge is -2.11. The molecule has 0 unspecified atom stereocenters. The van der Waals surface area contributed by atoms with Gasteiger partial charge < -0.3 is 25.4 Å². The number of phenolic OH excluding ortho intramolecular Hbond substituents is 3. The largest absolute Gasteiger partial charge is 0.508 e. The van der Waals surface area contributed by atoms with Crippen LogP contribution in [-0.2, 0) is 4.74 Å². The first-order valence-electron chi connectivity index (χ1n) is 6.17. The maximum atomic E-state index is 12.1. The quantitative estimate of drug-likeness (QED) is 0.508. The Kier molecular flexibility index (Phi) is 4.17. The van der Waals surface area contributed by atoms with Gasteiger partial charge >= 0.3 is 5.97 Å². The predicted octanol–water partition coefficient (Wildman–Crippen LogP) is 1.84. The summed E-state index contributed by atoms with van der Waals surface area (Å²) >= 11 is 0. The van der Waals surface area contributed by atoms with Crippen molar-refractivity contribution in [2.75, 3.05) is 12.4 Å². The summed E-state index contributed by atoms with van der Waals surface area (Å²) in [7, 11) is 1.17. The number of benzene rings is 2. The minimum Gasteiger partial charge on any atom is -0.508 e. The molecule has 0 aliphatic carbocycles. The van der Waals surface area contributed by atoms with Gasteiger partial charge in [0.25, 0.3) is 5.91 Å². The van der Waals surface area contributed by atoms with E-state index in [2.05, 4.69) is 10.1 Å². The van der Waals surface area contributed by atoms with Gasteiger partial charge in [0.05, 0.1) is 23.9 Å². The van der Waals surface area contributed by atoms with Gasteiger partial charge in [-0.3, -0.25) is 4.79 Å². The van der Waals surface area contributed by atoms with E-state index in [0.717, 1.165) is 12.1 Å². The van der Waals surface area contributed by atoms with Crippen molar-refractivity contribution in [1.29, 1.82) is 0 Å². The Hall–Kier alpha value is -3.22. The molecule has 0 spiro atoms. The van der Waals surface area contributed by atoms with Crippen molar-refractivity contribution in [3.05, 3.63) is 47.5 Å². The third-order valence-corrected chi connectivity index (χ3v) is 2.88. The zero-order chi connectivity index (χ0) is 16.3. The fourth-order valence-corrected chi connectivity index (χ4v) is 1.82. The van der Waals surface area contributed by atoms with Crippen LogP contribution < -0.4 is 5.32 Å². The Balaban J connectivity index is 2.36. The second-order valence-corrected chi connectivity index (χ2v) is 4.38. The molecule has 2 rings (SSSR count). The maximum absolute atomic E-state index is 12.1. The van der Waals surface area contributed by atoms with Crippen LogP contribution in [0.1, 0.15) is 20.7 Å². The van der Waals surface area contributed by atoms with Gasteiger partial charge in [0.2, 0.25) is 0 Å². The van der Waals surface area contributed by atoms with Gasteiger partial charge in [-0.25, -0.2) is 4.79 Å². The zero-order valence-corrected chi connectivity index (χ0v) is 11.5. The number of carbonyl (C=O) groups excluding carboxylic acids is 2. The molecule has 0 saturated carbocycles. The molecule has 22 heavy (non-hydrogen) atoms. The first-order chi connectivity index (χ1) is 10.4. The van der Waals surface area contributed by atoms with E-state index in [9.17, 15) is 24.9 Å². The highest BCUT2D eigenvalue weighted by Crippen LogP contribution is 2.26. The summed E-state index contributed by atoms with van der Waals surface area (Å²) in [6.07, 6.45) is 0. The van der Waals surface area contributed by atoms with Crippen molar-refractivity contribution < 1.29 is 29.6 Å². The highest BCUT2D eigenvalue weighted by atomic mass is 16.5. The van der Waals surface area contributed by atoms with Crippen LogP contribution in [0.15, 0.2) is 36.4 Å². The van der Waals surface area contributed by atoms with Crippen molar-refractivity contribution in [2.45, 2.75) is 0 Å². The Morgan fingerprint density at radius 2 is 1.55 bits per heavy atom. The number of rotatable bonds is 3. The molecule has 0 bridgehead atoms. The summed E-state index contributed by atoms with van der Waals surface area (Å²) in [5, 5.41) is 30.9. The Labute approximate surface area is 125 Å². The highest BCUT2D eigenvalue weighted by Gasteiger charge is 2.18. The number of aromatic hydroxyl groups is 3. The molecule has 0 atom stereocenters. The van der Waals surface area contributed by atoms with Crippen LogP contribution in [0.5, 0.6) is 17.2 Å². The average molecular weight is 303 g/mol. The topological polar surface area (TPSA) is 116 Å². The van der Waals surface area contributed by atoms with Gasteiger partial charge in [-0.2, -0.15) is 0 Å². The lowest BCUT2D eigenvalue weighted by Crippen LogP contribution is -2.15. The van der Waals surface area contributed by atoms with Crippen LogP contribution in [0.3, 0.4) is 0 Å². The summed E-state index contributed by atoms with van der Waals surface area (Å²) in [6, 6.07) is 7.23. The number of carbonyl (C=O) groups is 2. The third-order valence-electron chi connectivity index (χ3n) is 2.88. The minimum atomic E-state index is -0.744. The molecule has 7 nitrogen and oxygen atoms in total. The monoisotopic (exact) mass is 303 g/mol. The Morgan fingerprint density at radius 3 is 2.18 bits per heavy atom. The molecule has 7 heteroatoms. The van der Waals surface area contributed by atoms with E-state index in [-0.39, 0.29) is 34.1 Å². The van der Waals surface area contributed by atoms with Crippen LogP contribution in [0, 0.1) is 0 Å². The van der Waals surface area contributed by atoms with Crippen molar-refractivity contribution in [1.82, 2.24) is 0 Å². The summed E-state index contributed by atoms with van der Waals surface area (Å²) in [4.78, 5) is 23.8.